The van der Waals surface area contributed by atoms with Crippen molar-refractivity contribution in [3.05, 3.63) is 65.4 Å². The zero-order valence-electron chi connectivity index (χ0n) is 13.9. The van der Waals surface area contributed by atoms with Crippen molar-refractivity contribution in [2.24, 2.45) is 0 Å². The smallest absolute Gasteiger partial charge is 0.330 e. The molecule has 1 aliphatic heterocycles. The van der Waals surface area contributed by atoms with Gasteiger partial charge in [-0.1, -0.05) is 24.3 Å². The van der Waals surface area contributed by atoms with E-state index in [1.807, 2.05) is 48.5 Å². The minimum absolute atomic E-state index is 0.113. The van der Waals surface area contributed by atoms with Crippen molar-refractivity contribution in [2.45, 2.75) is 0 Å². The van der Waals surface area contributed by atoms with Crippen molar-refractivity contribution >= 4 is 46.2 Å². The normalized spacial score (nSPS) is 14.8. The minimum Gasteiger partial charge on any atom is -0.466 e. The van der Waals surface area contributed by atoms with E-state index in [1.54, 1.807) is 6.08 Å². The summed E-state index contributed by atoms with van der Waals surface area (Å²) in [6.07, 6.45) is 4.78. The lowest BCUT2D eigenvalue weighted by Gasteiger charge is -1.99. The number of carbonyl (C=O) groups is 2. The molecule has 2 N–H and O–H groups in total. The van der Waals surface area contributed by atoms with Crippen molar-refractivity contribution in [3.63, 3.8) is 0 Å². The third kappa shape index (κ3) is 2.77. The van der Waals surface area contributed by atoms with Crippen LogP contribution in [0.3, 0.4) is 0 Å². The van der Waals surface area contributed by atoms with Crippen LogP contribution in [0.25, 0.3) is 28.6 Å². The summed E-state index contributed by atoms with van der Waals surface area (Å²) in [4.78, 5) is 23.5. The zero-order chi connectivity index (χ0) is 18.1. The molecule has 0 spiro atoms. The van der Waals surface area contributed by atoms with Gasteiger partial charge in [0.05, 0.1) is 18.3 Å². The Morgan fingerprint density at radius 2 is 2.04 bits per heavy atom. The molecule has 0 aliphatic carbocycles. The number of nitrogens with one attached hydrogen (secondary N) is 2. The number of aromatic nitrogens is 2. The lowest BCUT2D eigenvalue weighted by Crippen LogP contribution is -2.03. The van der Waals surface area contributed by atoms with Crippen molar-refractivity contribution in [2.75, 3.05) is 12.4 Å². The topological polar surface area (TPSA) is 84.1 Å². The molecule has 0 unspecified atom stereocenters. The standard InChI is InChI=1S/C20H15N3O3/c1-26-19(24)9-8-17-14-7-6-12(11-18(14)23-22-17)10-15-13-4-2-3-5-16(13)21-20(15)25/h2-11H,1H3,(H,21,25)(H,22,23)/b9-8+,15-10+. The van der Waals surface area contributed by atoms with Gasteiger partial charge in [-0.2, -0.15) is 5.10 Å². The number of esters is 1. The average Bonchev–Trinajstić information content (AvgIpc) is 3.20. The van der Waals surface area contributed by atoms with Crippen LogP contribution in [-0.4, -0.2) is 29.2 Å². The number of amides is 1. The van der Waals surface area contributed by atoms with Gasteiger partial charge in [0.25, 0.3) is 5.91 Å². The number of rotatable bonds is 3. The van der Waals surface area contributed by atoms with Gasteiger partial charge < -0.3 is 10.1 Å². The van der Waals surface area contributed by atoms with Crippen LogP contribution in [0.5, 0.6) is 0 Å². The van der Waals surface area contributed by atoms with Crippen LogP contribution < -0.4 is 5.32 Å². The van der Waals surface area contributed by atoms with E-state index < -0.39 is 5.97 Å². The molecular formula is C20H15N3O3. The Bertz CT molecular complexity index is 1090. The van der Waals surface area contributed by atoms with Gasteiger partial charge in [0.15, 0.2) is 0 Å². The third-order valence-corrected chi connectivity index (χ3v) is 4.22. The molecule has 1 amide bonds. The highest BCUT2D eigenvalue weighted by Crippen LogP contribution is 2.33. The summed E-state index contributed by atoms with van der Waals surface area (Å²) < 4.78 is 4.58. The number of para-hydroxylation sites is 1. The molecule has 2 aromatic carbocycles. The molecule has 2 heterocycles. The van der Waals surface area contributed by atoms with Crippen LogP contribution >= 0.6 is 0 Å². The second-order valence-corrected chi connectivity index (χ2v) is 5.83. The maximum absolute atomic E-state index is 12.2. The molecule has 0 radical (unpaired) electrons. The van der Waals surface area contributed by atoms with Gasteiger partial charge in [-0.15, -0.1) is 0 Å². The first kappa shape index (κ1) is 15.8. The van der Waals surface area contributed by atoms with E-state index in [2.05, 4.69) is 20.3 Å². The molecule has 1 aromatic heterocycles. The first-order valence-electron chi connectivity index (χ1n) is 8.02. The summed E-state index contributed by atoms with van der Waals surface area (Å²) in [7, 11) is 1.33. The number of fused-ring (bicyclic) bond motifs is 2. The highest BCUT2D eigenvalue weighted by atomic mass is 16.5. The van der Waals surface area contributed by atoms with Crippen molar-refractivity contribution < 1.29 is 14.3 Å². The summed E-state index contributed by atoms with van der Waals surface area (Å²) >= 11 is 0. The van der Waals surface area contributed by atoms with E-state index in [1.165, 1.54) is 13.2 Å². The van der Waals surface area contributed by atoms with Crippen LogP contribution in [-0.2, 0) is 14.3 Å². The molecule has 26 heavy (non-hydrogen) atoms. The van der Waals surface area contributed by atoms with E-state index in [0.717, 1.165) is 27.7 Å². The number of ether oxygens (including phenoxy) is 1. The van der Waals surface area contributed by atoms with Crippen LogP contribution in [0, 0.1) is 0 Å². The second-order valence-electron chi connectivity index (χ2n) is 5.83. The Hall–Kier alpha value is -3.67. The predicted molar refractivity (Wildman–Crippen MR) is 100 cm³/mol. The van der Waals surface area contributed by atoms with Gasteiger partial charge in [-0.3, -0.25) is 9.89 Å². The fraction of sp³-hybridized carbons (Fsp3) is 0.0500. The fourth-order valence-corrected chi connectivity index (χ4v) is 2.94. The average molecular weight is 345 g/mol. The van der Waals surface area contributed by atoms with Crippen LogP contribution in [0.15, 0.2) is 48.5 Å². The predicted octanol–water partition coefficient (Wildman–Crippen LogP) is 3.24. The molecule has 6 nitrogen and oxygen atoms in total. The number of aromatic amines is 1. The summed E-state index contributed by atoms with van der Waals surface area (Å²) in [5, 5.41) is 10.9. The molecule has 128 valence electrons. The van der Waals surface area contributed by atoms with Crippen LogP contribution in [0.4, 0.5) is 5.69 Å². The molecule has 0 saturated heterocycles. The highest BCUT2D eigenvalue weighted by molar-refractivity contribution is 6.34. The number of benzene rings is 2. The molecule has 0 atom stereocenters. The van der Waals surface area contributed by atoms with E-state index in [0.29, 0.717) is 11.3 Å². The van der Waals surface area contributed by atoms with Gasteiger partial charge in [0.1, 0.15) is 0 Å². The molecule has 0 saturated carbocycles. The van der Waals surface area contributed by atoms with Crippen molar-refractivity contribution in [1.82, 2.24) is 10.2 Å². The molecule has 6 heteroatoms. The maximum atomic E-state index is 12.2. The first-order valence-corrected chi connectivity index (χ1v) is 8.02. The van der Waals surface area contributed by atoms with Crippen molar-refractivity contribution in [1.29, 1.82) is 0 Å². The van der Waals surface area contributed by atoms with Gasteiger partial charge in [0.2, 0.25) is 0 Å². The van der Waals surface area contributed by atoms with Gasteiger partial charge in [-0.05, 0) is 35.9 Å². The van der Waals surface area contributed by atoms with E-state index >= 15 is 0 Å². The Morgan fingerprint density at radius 1 is 1.19 bits per heavy atom. The number of carbonyl (C=O) groups excluding carboxylic acids is 2. The van der Waals surface area contributed by atoms with Gasteiger partial charge in [-0.25, -0.2) is 4.79 Å². The Kier molecular flexibility index (Phi) is 3.85. The van der Waals surface area contributed by atoms with Crippen LogP contribution in [0.2, 0.25) is 0 Å². The minimum atomic E-state index is -0.437. The number of H-pyrrole nitrogens is 1. The zero-order valence-corrected chi connectivity index (χ0v) is 13.9. The summed E-state index contributed by atoms with van der Waals surface area (Å²) in [6.45, 7) is 0. The monoisotopic (exact) mass is 345 g/mol. The van der Waals surface area contributed by atoms with E-state index in [-0.39, 0.29) is 5.91 Å². The molecular weight excluding hydrogens is 330 g/mol. The molecule has 0 bridgehead atoms. The lowest BCUT2D eigenvalue weighted by molar-refractivity contribution is -0.134. The number of nitrogens with zero attached hydrogens (tertiary/aromatic N) is 1. The van der Waals surface area contributed by atoms with Crippen LogP contribution in [0.1, 0.15) is 16.8 Å². The number of hydrogen-bond acceptors (Lipinski definition) is 4. The quantitative estimate of drug-likeness (QED) is 0.564. The summed E-state index contributed by atoms with van der Waals surface area (Å²) in [5.74, 6) is -0.550. The molecule has 1 aliphatic rings. The summed E-state index contributed by atoms with van der Waals surface area (Å²) in [5.41, 5.74) is 4.69. The summed E-state index contributed by atoms with van der Waals surface area (Å²) in [6, 6.07) is 13.3. The maximum Gasteiger partial charge on any atom is 0.330 e. The van der Waals surface area contributed by atoms with E-state index in [4.69, 9.17) is 0 Å². The highest BCUT2D eigenvalue weighted by Gasteiger charge is 2.23. The Morgan fingerprint density at radius 3 is 2.88 bits per heavy atom. The lowest BCUT2D eigenvalue weighted by atomic mass is 10.0. The molecule has 0 fully saturated rings. The third-order valence-electron chi connectivity index (χ3n) is 4.22. The SMILES string of the molecule is COC(=O)/C=C/c1n[nH]c2cc(/C=C3/C(=O)Nc4ccccc43)ccc12. The van der Waals surface area contributed by atoms with E-state index in [9.17, 15) is 9.59 Å². The Labute approximate surface area is 149 Å². The Balaban J connectivity index is 1.70. The fourth-order valence-electron chi connectivity index (χ4n) is 2.94. The number of methoxy groups -OCH3 is 1. The number of anilines is 1. The largest absolute Gasteiger partial charge is 0.466 e. The number of hydrogen-bond donors (Lipinski definition) is 2. The van der Waals surface area contributed by atoms with Gasteiger partial charge in [0, 0.05) is 28.3 Å². The molecule has 4 rings (SSSR count). The van der Waals surface area contributed by atoms with Gasteiger partial charge >= 0.3 is 5.97 Å². The first-order chi connectivity index (χ1) is 12.7. The molecule has 3 aromatic rings. The van der Waals surface area contributed by atoms with Crippen molar-refractivity contribution in [3.8, 4) is 0 Å². The second kappa shape index (κ2) is 6.33.